The van der Waals surface area contributed by atoms with E-state index in [2.05, 4.69) is 41.2 Å². The topological polar surface area (TPSA) is 50.1 Å². The second-order valence-corrected chi connectivity index (χ2v) is 4.31. The fourth-order valence-electron chi connectivity index (χ4n) is 1.11. The van der Waals surface area contributed by atoms with E-state index in [4.69, 9.17) is 5.73 Å². The average Bonchev–Trinajstić information content (AvgIpc) is 2.26. The molecule has 0 bridgehead atoms. The molecule has 0 aliphatic rings. The summed E-state index contributed by atoms with van der Waals surface area (Å²) in [4.78, 5) is 1.25. The molecule has 0 aromatic heterocycles. The summed E-state index contributed by atoms with van der Waals surface area (Å²) >= 11 is 1.67. The van der Waals surface area contributed by atoms with E-state index in [0.29, 0.717) is 6.54 Å². The highest BCUT2D eigenvalue weighted by Gasteiger charge is 1.92. The third-order valence-electron chi connectivity index (χ3n) is 1.94. The van der Waals surface area contributed by atoms with E-state index in [9.17, 15) is 0 Å². The van der Waals surface area contributed by atoms with Crippen molar-refractivity contribution in [1.29, 1.82) is 0 Å². The quantitative estimate of drug-likeness (QED) is 0.481. The zero-order valence-corrected chi connectivity index (χ0v) is 9.94. The summed E-state index contributed by atoms with van der Waals surface area (Å²) < 4.78 is 3.29. The summed E-state index contributed by atoms with van der Waals surface area (Å²) in [6, 6.07) is 8.49. The molecule has 0 amide bonds. The van der Waals surface area contributed by atoms with Gasteiger partial charge in [0.25, 0.3) is 0 Å². The van der Waals surface area contributed by atoms with E-state index in [1.807, 2.05) is 0 Å². The van der Waals surface area contributed by atoms with Gasteiger partial charge in [-0.25, -0.2) is 0 Å². The fourth-order valence-corrected chi connectivity index (χ4v) is 1.75. The number of benzene rings is 1. The number of hydrogen-bond acceptors (Lipinski definition) is 4. The number of aryl methyl sites for hydroxylation is 1. The zero-order valence-electron chi connectivity index (χ0n) is 9.12. The first-order valence-corrected chi connectivity index (χ1v) is 6.02. The van der Waals surface area contributed by atoms with Gasteiger partial charge in [0.05, 0.1) is 0 Å². The number of hydrogen-bond donors (Lipinski definition) is 3. The number of nitrogens with one attached hydrogen (secondary N) is 2. The van der Waals surface area contributed by atoms with Gasteiger partial charge in [0.2, 0.25) is 0 Å². The Morgan fingerprint density at radius 1 is 1.13 bits per heavy atom. The van der Waals surface area contributed by atoms with Crippen molar-refractivity contribution in [2.45, 2.75) is 11.8 Å². The maximum atomic E-state index is 5.36. The Kier molecular flexibility index (Phi) is 6.43. The summed E-state index contributed by atoms with van der Waals surface area (Å²) in [5, 5.41) is 3.23. The molecule has 0 aliphatic carbocycles. The van der Waals surface area contributed by atoms with Gasteiger partial charge < -0.3 is 11.1 Å². The Balaban J connectivity index is 2.07. The molecule has 1 aromatic carbocycles. The molecule has 0 fully saturated rings. The maximum absolute atomic E-state index is 5.36. The summed E-state index contributed by atoms with van der Waals surface area (Å²) in [6.45, 7) is 5.58. The van der Waals surface area contributed by atoms with Gasteiger partial charge in [-0.3, -0.25) is 4.72 Å². The second-order valence-electron chi connectivity index (χ2n) is 3.35. The summed E-state index contributed by atoms with van der Waals surface area (Å²) in [6.07, 6.45) is 0. The highest BCUT2D eigenvalue weighted by Crippen LogP contribution is 2.14. The lowest BCUT2D eigenvalue weighted by molar-refractivity contribution is 0.684. The van der Waals surface area contributed by atoms with Crippen LogP contribution in [0, 0.1) is 6.92 Å². The molecule has 1 aromatic rings. The van der Waals surface area contributed by atoms with Crippen LogP contribution < -0.4 is 15.8 Å². The van der Waals surface area contributed by atoms with Crippen LogP contribution in [-0.2, 0) is 0 Å². The van der Waals surface area contributed by atoms with Gasteiger partial charge in [-0.15, -0.1) is 0 Å². The molecule has 0 radical (unpaired) electrons. The molecular formula is C11H19N3S. The predicted octanol–water partition coefficient (Wildman–Crippen LogP) is 1.14. The Labute approximate surface area is 96.0 Å². The third-order valence-corrected chi connectivity index (χ3v) is 2.79. The molecule has 4 N–H and O–H groups in total. The minimum absolute atomic E-state index is 0.700. The SMILES string of the molecule is Cc1ccc(SNCCNCCN)cc1. The van der Waals surface area contributed by atoms with Gasteiger partial charge in [-0.1, -0.05) is 17.7 Å². The second kappa shape index (κ2) is 7.70. The van der Waals surface area contributed by atoms with Crippen molar-refractivity contribution in [2.75, 3.05) is 26.2 Å². The molecule has 0 unspecified atom stereocenters. The molecule has 0 saturated heterocycles. The van der Waals surface area contributed by atoms with E-state index < -0.39 is 0 Å². The van der Waals surface area contributed by atoms with Crippen LogP contribution in [0.25, 0.3) is 0 Å². The summed E-state index contributed by atoms with van der Waals surface area (Å²) in [7, 11) is 0. The Morgan fingerprint density at radius 3 is 2.53 bits per heavy atom. The van der Waals surface area contributed by atoms with E-state index in [1.54, 1.807) is 11.9 Å². The van der Waals surface area contributed by atoms with Gasteiger partial charge in [0.15, 0.2) is 0 Å². The van der Waals surface area contributed by atoms with Gasteiger partial charge in [-0.2, -0.15) is 0 Å². The molecule has 0 aliphatic heterocycles. The van der Waals surface area contributed by atoms with Crippen LogP contribution in [0.3, 0.4) is 0 Å². The third kappa shape index (κ3) is 5.79. The van der Waals surface area contributed by atoms with Crippen LogP contribution in [0.15, 0.2) is 29.2 Å². The standard InChI is InChI=1S/C11H19N3S/c1-10-2-4-11(5-3-10)15-14-9-8-13-7-6-12/h2-5,13-14H,6-9,12H2,1H3. The first kappa shape index (κ1) is 12.5. The first-order chi connectivity index (χ1) is 7.33. The lowest BCUT2D eigenvalue weighted by Gasteiger charge is -2.05. The molecule has 15 heavy (non-hydrogen) atoms. The average molecular weight is 225 g/mol. The molecule has 4 heteroatoms. The molecule has 1 rings (SSSR count). The Morgan fingerprint density at radius 2 is 1.87 bits per heavy atom. The van der Waals surface area contributed by atoms with Crippen molar-refractivity contribution < 1.29 is 0 Å². The van der Waals surface area contributed by atoms with Crippen LogP contribution in [0.1, 0.15) is 5.56 Å². The molecule has 0 saturated carbocycles. The zero-order chi connectivity index (χ0) is 10.9. The van der Waals surface area contributed by atoms with E-state index in [-0.39, 0.29) is 0 Å². The molecule has 84 valence electrons. The summed E-state index contributed by atoms with van der Waals surface area (Å²) in [5.74, 6) is 0. The van der Waals surface area contributed by atoms with Gasteiger partial charge in [0, 0.05) is 31.1 Å². The molecule has 0 atom stereocenters. The monoisotopic (exact) mass is 225 g/mol. The van der Waals surface area contributed by atoms with Crippen LogP contribution >= 0.6 is 11.9 Å². The van der Waals surface area contributed by atoms with Crippen molar-refractivity contribution in [1.82, 2.24) is 10.0 Å². The Bertz CT molecular complexity index is 261. The van der Waals surface area contributed by atoms with Crippen molar-refractivity contribution in [3.05, 3.63) is 29.8 Å². The fraction of sp³-hybridized carbons (Fsp3) is 0.455. The van der Waals surface area contributed by atoms with Crippen LogP contribution in [0.5, 0.6) is 0 Å². The van der Waals surface area contributed by atoms with Crippen molar-refractivity contribution in [2.24, 2.45) is 5.73 Å². The molecule has 0 heterocycles. The maximum Gasteiger partial charge on any atom is 0.0228 e. The molecule has 3 nitrogen and oxygen atoms in total. The van der Waals surface area contributed by atoms with Crippen LogP contribution in [-0.4, -0.2) is 26.2 Å². The lowest BCUT2D eigenvalue weighted by atomic mass is 10.2. The van der Waals surface area contributed by atoms with Gasteiger partial charge in [0.1, 0.15) is 0 Å². The minimum Gasteiger partial charge on any atom is -0.329 e. The Hall–Kier alpha value is -0.550. The lowest BCUT2D eigenvalue weighted by Crippen LogP contribution is -2.28. The van der Waals surface area contributed by atoms with Crippen molar-refractivity contribution in [3.8, 4) is 0 Å². The molecule has 0 spiro atoms. The van der Waals surface area contributed by atoms with Crippen LogP contribution in [0.4, 0.5) is 0 Å². The van der Waals surface area contributed by atoms with Crippen LogP contribution in [0.2, 0.25) is 0 Å². The minimum atomic E-state index is 0.700. The number of nitrogens with two attached hydrogens (primary N) is 1. The van der Waals surface area contributed by atoms with E-state index >= 15 is 0 Å². The van der Waals surface area contributed by atoms with E-state index in [1.165, 1.54) is 10.5 Å². The van der Waals surface area contributed by atoms with E-state index in [0.717, 1.165) is 19.6 Å². The molecular weight excluding hydrogens is 206 g/mol. The largest absolute Gasteiger partial charge is 0.329 e. The normalized spacial score (nSPS) is 10.5. The first-order valence-electron chi connectivity index (χ1n) is 5.20. The van der Waals surface area contributed by atoms with Crippen molar-refractivity contribution in [3.63, 3.8) is 0 Å². The highest BCUT2D eigenvalue weighted by atomic mass is 32.2. The summed E-state index contributed by atoms with van der Waals surface area (Å²) in [5.41, 5.74) is 6.66. The highest BCUT2D eigenvalue weighted by molar-refractivity contribution is 7.97. The smallest absolute Gasteiger partial charge is 0.0228 e. The van der Waals surface area contributed by atoms with Gasteiger partial charge >= 0.3 is 0 Å². The van der Waals surface area contributed by atoms with Gasteiger partial charge in [-0.05, 0) is 31.0 Å². The van der Waals surface area contributed by atoms with Crippen molar-refractivity contribution >= 4 is 11.9 Å². The number of rotatable bonds is 7. The predicted molar refractivity (Wildman–Crippen MR) is 67.0 cm³/mol.